The van der Waals surface area contributed by atoms with E-state index < -0.39 is 0 Å². The van der Waals surface area contributed by atoms with Crippen LogP contribution in [0, 0.1) is 12.8 Å². The second-order valence-corrected chi connectivity index (χ2v) is 6.99. The Labute approximate surface area is 146 Å². The molecule has 1 saturated heterocycles. The predicted molar refractivity (Wildman–Crippen MR) is 97.1 cm³/mol. The number of hydrogen-bond acceptors (Lipinski definition) is 2. The van der Waals surface area contributed by atoms with Crippen molar-refractivity contribution in [3.05, 3.63) is 35.4 Å². The molecule has 1 aliphatic heterocycles. The lowest BCUT2D eigenvalue weighted by molar-refractivity contribution is -0.132. The average molecular weight is 337 g/mol. The largest absolute Gasteiger partial charge is 0.343 e. The number of carbonyl (C=O) groups is 1. The number of nitrogens with zero attached hydrogens (tertiary/aromatic N) is 1. The second kappa shape index (κ2) is 8.70. The minimum atomic E-state index is 0. The van der Waals surface area contributed by atoms with E-state index in [-0.39, 0.29) is 12.4 Å². The highest BCUT2D eigenvalue weighted by Crippen LogP contribution is 2.28. The number of piperidine rings is 1. The molecule has 1 N–H and O–H groups in total. The highest BCUT2D eigenvalue weighted by atomic mass is 35.5. The first-order valence-electron chi connectivity index (χ1n) is 8.77. The molecule has 0 atom stereocenters. The van der Waals surface area contributed by atoms with Gasteiger partial charge in [0.05, 0.1) is 0 Å². The third kappa shape index (κ3) is 5.82. The lowest BCUT2D eigenvalue weighted by atomic mass is 10.0. The van der Waals surface area contributed by atoms with Gasteiger partial charge in [0.2, 0.25) is 5.91 Å². The molecule has 0 unspecified atom stereocenters. The van der Waals surface area contributed by atoms with Crippen LogP contribution >= 0.6 is 12.4 Å². The van der Waals surface area contributed by atoms with Gasteiger partial charge in [-0.15, -0.1) is 12.4 Å². The number of nitrogens with one attached hydrogen (secondary N) is 1. The number of halogens is 1. The normalized spacial score (nSPS) is 18.6. The summed E-state index contributed by atoms with van der Waals surface area (Å²) in [5, 5.41) is 3.67. The van der Waals surface area contributed by atoms with Crippen LogP contribution in [0.2, 0.25) is 0 Å². The fourth-order valence-electron chi connectivity index (χ4n) is 3.15. The Morgan fingerprint density at radius 2 is 1.78 bits per heavy atom. The van der Waals surface area contributed by atoms with Crippen LogP contribution in [0.25, 0.3) is 0 Å². The zero-order chi connectivity index (χ0) is 15.4. The van der Waals surface area contributed by atoms with Gasteiger partial charge in [0.25, 0.3) is 0 Å². The molecule has 1 aromatic carbocycles. The van der Waals surface area contributed by atoms with E-state index in [2.05, 4.69) is 41.4 Å². The van der Waals surface area contributed by atoms with Crippen molar-refractivity contribution in [2.24, 2.45) is 5.92 Å². The monoisotopic (exact) mass is 336 g/mol. The first-order chi connectivity index (χ1) is 10.7. The molecule has 0 radical (unpaired) electrons. The van der Waals surface area contributed by atoms with Gasteiger partial charge < -0.3 is 10.2 Å². The average Bonchev–Trinajstić information content (AvgIpc) is 3.37. The van der Waals surface area contributed by atoms with Gasteiger partial charge in [-0.3, -0.25) is 4.79 Å². The summed E-state index contributed by atoms with van der Waals surface area (Å²) < 4.78 is 0. The maximum absolute atomic E-state index is 12.3. The molecule has 1 saturated carbocycles. The van der Waals surface area contributed by atoms with Crippen LogP contribution in [-0.4, -0.2) is 36.5 Å². The fraction of sp³-hybridized carbons (Fsp3) is 0.632. The lowest BCUT2D eigenvalue weighted by Crippen LogP contribution is -2.45. The number of carbonyl (C=O) groups excluding carboxylic acids is 1. The molecule has 1 aliphatic carbocycles. The third-order valence-electron chi connectivity index (χ3n) is 4.99. The van der Waals surface area contributed by atoms with Crippen molar-refractivity contribution in [3.63, 3.8) is 0 Å². The fourth-order valence-corrected chi connectivity index (χ4v) is 3.15. The van der Waals surface area contributed by atoms with Gasteiger partial charge in [-0.05, 0) is 57.1 Å². The number of hydrogen-bond donors (Lipinski definition) is 1. The summed E-state index contributed by atoms with van der Waals surface area (Å²) >= 11 is 0. The Morgan fingerprint density at radius 1 is 1.13 bits per heavy atom. The van der Waals surface area contributed by atoms with E-state index >= 15 is 0 Å². The van der Waals surface area contributed by atoms with Crippen molar-refractivity contribution in [1.82, 2.24) is 10.2 Å². The molecular weight excluding hydrogens is 308 g/mol. The van der Waals surface area contributed by atoms with Gasteiger partial charge in [0.1, 0.15) is 0 Å². The predicted octanol–water partition coefficient (Wildman–Crippen LogP) is 3.34. The van der Waals surface area contributed by atoms with Crippen LogP contribution < -0.4 is 5.32 Å². The Bertz CT molecular complexity index is 491. The van der Waals surface area contributed by atoms with Gasteiger partial charge in [-0.2, -0.15) is 0 Å². The molecule has 1 amide bonds. The summed E-state index contributed by atoms with van der Waals surface area (Å²) in [7, 11) is 0. The number of likely N-dealkylation sites (tertiary alicyclic amines) is 1. The molecule has 3 rings (SSSR count). The molecule has 2 fully saturated rings. The lowest BCUT2D eigenvalue weighted by Gasteiger charge is -2.32. The van der Waals surface area contributed by atoms with Crippen molar-refractivity contribution in [2.45, 2.75) is 51.5 Å². The van der Waals surface area contributed by atoms with Crippen molar-refractivity contribution < 1.29 is 4.79 Å². The first kappa shape index (κ1) is 18.3. The van der Waals surface area contributed by atoms with Gasteiger partial charge in [-0.25, -0.2) is 0 Å². The van der Waals surface area contributed by atoms with E-state index in [4.69, 9.17) is 0 Å². The van der Waals surface area contributed by atoms with Crippen LogP contribution in [0.5, 0.6) is 0 Å². The van der Waals surface area contributed by atoms with Crippen LogP contribution in [0.3, 0.4) is 0 Å². The van der Waals surface area contributed by atoms with Crippen molar-refractivity contribution in [2.75, 3.05) is 19.6 Å². The van der Waals surface area contributed by atoms with Crippen LogP contribution in [0.1, 0.15) is 43.2 Å². The molecule has 2 aliphatic rings. The molecule has 0 aromatic heterocycles. The molecular formula is C19H29ClN2O. The minimum Gasteiger partial charge on any atom is -0.343 e. The van der Waals surface area contributed by atoms with Crippen molar-refractivity contribution in [1.29, 1.82) is 0 Å². The van der Waals surface area contributed by atoms with Gasteiger partial charge >= 0.3 is 0 Å². The van der Waals surface area contributed by atoms with E-state index in [1.54, 1.807) is 0 Å². The maximum Gasteiger partial charge on any atom is 0.222 e. The SMILES string of the molecule is Cc1ccc(CCC(=O)N2CCC(NCC3CC3)CC2)cc1.Cl. The Kier molecular flexibility index (Phi) is 6.91. The zero-order valence-electron chi connectivity index (χ0n) is 14.1. The first-order valence-corrected chi connectivity index (χ1v) is 8.77. The number of benzene rings is 1. The molecule has 1 aromatic rings. The van der Waals surface area contributed by atoms with Gasteiger partial charge in [-0.1, -0.05) is 29.8 Å². The number of aryl methyl sites for hydroxylation is 2. The van der Waals surface area contributed by atoms with Crippen LogP contribution in [0.15, 0.2) is 24.3 Å². The molecule has 1 heterocycles. The molecule has 3 nitrogen and oxygen atoms in total. The summed E-state index contributed by atoms with van der Waals surface area (Å²) in [4.78, 5) is 14.4. The second-order valence-electron chi connectivity index (χ2n) is 6.99. The third-order valence-corrected chi connectivity index (χ3v) is 4.99. The Morgan fingerprint density at radius 3 is 2.39 bits per heavy atom. The summed E-state index contributed by atoms with van der Waals surface area (Å²) in [5.74, 6) is 1.26. The Balaban J connectivity index is 0.00000192. The van der Waals surface area contributed by atoms with E-state index in [0.29, 0.717) is 18.4 Å². The van der Waals surface area contributed by atoms with Crippen LogP contribution in [0.4, 0.5) is 0 Å². The van der Waals surface area contributed by atoms with Gasteiger partial charge in [0.15, 0.2) is 0 Å². The van der Waals surface area contributed by atoms with Crippen molar-refractivity contribution >= 4 is 18.3 Å². The van der Waals surface area contributed by atoms with E-state index in [9.17, 15) is 4.79 Å². The summed E-state index contributed by atoms with van der Waals surface area (Å²) in [5.41, 5.74) is 2.54. The summed E-state index contributed by atoms with van der Waals surface area (Å²) in [6.07, 6.45) is 6.54. The highest BCUT2D eigenvalue weighted by Gasteiger charge is 2.25. The highest BCUT2D eigenvalue weighted by molar-refractivity contribution is 5.85. The number of rotatable bonds is 6. The molecule has 23 heavy (non-hydrogen) atoms. The van der Waals surface area contributed by atoms with Gasteiger partial charge in [0, 0.05) is 25.6 Å². The standard InChI is InChI=1S/C19H28N2O.ClH/c1-15-2-4-16(5-3-15)8-9-19(22)21-12-10-18(11-13-21)20-14-17-6-7-17;/h2-5,17-18,20H,6-14H2,1H3;1H. The minimum absolute atomic E-state index is 0. The summed E-state index contributed by atoms with van der Waals surface area (Å²) in [6, 6.07) is 9.14. The number of amides is 1. The van der Waals surface area contributed by atoms with E-state index in [1.807, 2.05) is 0 Å². The quantitative estimate of drug-likeness (QED) is 0.864. The van der Waals surface area contributed by atoms with Crippen molar-refractivity contribution in [3.8, 4) is 0 Å². The molecule has 0 spiro atoms. The van der Waals surface area contributed by atoms with E-state index in [1.165, 1.54) is 30.5 Å². The Hall–Kier alpha value is -1.06. The molecule has 128 valence electrons. The van der Waals surface area contributed by atoms with Crippen LogP contribution in [-0.2, 0) is 11.2 Å². The topological polar surface area (TPSA) is 32.3 Å². The summed E-state index contributed by atoms with van der Waals surface area (Å²) in [6.45, 7) is 5.13. The maximum atomic E-state index is 12.3. The smallest absolute Gasteiger partial charge is 0.222 e. The molecule has 0 bridgehead atoms. The molecule has 4 heteroatoms. The van der Waals surface area contributed by atoms with E-state index in [0.717, 1.165) is 38.3 Å². The zero-order valence-corrected chi connectivity index (χ0v) is 14.9.